The molecule has 2 N–H and O–H groups in total. The number of methoxy groups -OCH3 is 2. The summed E-state index contributed by atoms with van der Waals surface area (Å²) in [7, 11) is 5.21. The Bertz CT molecular complexity index is 1020. The summed E-state index contributed by atoms with van der Waals surface area (Å²) in [5.41, 5.74) is 2.00. The van der Waals surface area contributed by atoms with Crippen LogP contribution in [0.4, 0.5) is 0 Å². The summed E-state index contributed by atoms with van der Waals surface area (Å²) in [5, 5.41) is 12.7. The van der Waals surface area contributed by atoms with Crippen LogP contribution in [0, 0.1) is 6.92 Å². The predicted molar refractivity (Wildman–Crippen MR) is 124 cm³/mol. The molecule has 0 unspecified atom stereocenters. The number of aromatic nitrogens is 2. The fourth-order valence-electron chi connectivity index (χ4n) is 2.62. The monoisotopic (exact) mass is 457 g/mol. The molecule has 170 valence electrons. The van der Waals surface area contributed by atoms with Crippen LogP contribution >= 0.6 is 11.8 Å². The minimum absolute atomic E-state index is 0.0546. The fourth-order valence-corrected chi connectivity index (χ4v) is 2.95. The topological polar surface area (TPSA) is 103 Å². The lowest BCUT2D eigenvalue weighted by Gasteiger charge is -2.10. The summed E-state index contributed by atoms with van der Waals surface area (Å²) < 4.78 is 15.9. The molecule has 0 aliphatic rings. The van der Waals surface area contributed by atoms with E-state index >= 15 is 0 Å². The molecule has 0 bridgehead atoms. The molecule has 0 amide bonds. The molecule has 0 aliphatic carbocycles. The van der Waals surface area contributed by atoms with Gasteiger partial charge in [-0.1, -0.05) is 30.0 Å². The quantitative estimate of drug-likeness (QED) is 0.376. The highest BCUT2D eigenvalue weighted by atomic mass is 32.2. The summed E-state index contributed by atoms with van der Waals surface area (Å²) in [6, 6.07) is 13.2. The number of benzene rings is 2. The van der Waals surface area contributed by atoms with E-state index in [1.807, 2.05) is 56.6 Å². The van der Waals surface area contributed by atoms with Crippen molar-refractivity contribution >= 4 is 17.7 Å². The summed E-state index contributed by atoms with van der Waals surface area (Å²) in [6.07, 6.45) is 3.07. The third-order valence-corrected chi connectivity index (χ3v) is 4.80. The number of hydrogen-bond donors (Lipinski definition) is 2. The average Bonchev–Trinajstić information content (AvgIpc) is 2.80. The molecule has 9 heteroatoms. The lowest BCUT2D eigenvalue weighted by atomic mass is 10.2. The molecule has 0 fully saturated rings. The van der Waals surface area contributed by atoms with Crippen LogP contribution in [-0.4, -0.2) is 48.6 Å². The normalized spacial score (nSPS) is 10.0. The van der Waals surface area contributed by atoms with Crippen molar-refractivity contribution in [3.05, 3.63) is 65.4 Å². The van der Waals surface area contributed by atoms with E-state index in [1.54, 1.807) is 20.3 Å². The zero-order valence-electron chi connectivity index (χ0n) is 18.7. The van der Waals surface area contributed by atoms with Crippen LogP contribution in [-0.2, 0) is 6.54 Å². The van der Waals surface area contributed by atoms with E-state index in [0.29, 0.717) is 10.9 Å². The molecular formula is C23H27N3O5S. The molecule has 1 heterocycles. The van der Waals surface area contributed by atoms with Crippen molar-refractivity contribution in [3.63, 3.8) is 0 Å². The van der Waals surface area contributed by atoms with Crippen molar-refractivity contribution in [1.29, 1.82) is 0 Å². The summed E-state index contributed by atoms with van der Waals surface area (Å²) in [5.74, 6) is 1.17. The second kappa shape index (κ2) is 12.5. The van der Waals surface area contributed by atoms with Crippen LogP contribution in [0.25, 0.3) is 0 Å². The summed E-state index contributed by atoms with van der Waals surface area (Å²) in [4.78, 5) is 19.2. The maximum absolute atomic E-state index is 11.1. The average molecular weight is 458 g/mol. The highest BCUT2D eigenvalue weighted by Gasteiger charge is 2.16. The van der Waals surface area contributed by atoms with Gasteiger partial charge in [-0.3, -0.25) is 0 Å². The molecule has 2 aromatic carbocycles. The van der Waals surface area contributed by atoms with Gasteiger partial charge in [0.15, 0.2) is 5.16 Å². The number of carbonyl (C=O) groups is 1. The Labute approximate surface area is 192 Å². The molecule has 0 saturated heterocycles. The van der Waals surface area contributed by atoms with Gasteiger partial charge in [-0.25, -0.2) is 9.78 Å². The molecular weight excluding hydrogens is 430 g/mol. The van der Waals surface area contributed by atoms with Crippen molar-refractivity contribution in [2.75, 3.05) is 27.5 Å². The summed E-state index contributed by atoms with van der Waals surface area (Å²) >= 11 is 1.32. The Morgan fingerprint density at radius 1 is 1.12 bits per heavy atom. The minimum Gasteiger partial charge on any atom is -0.497 e. The fraction of sp³-hybridized carbons (Fsp3) is 0.261. The Balaban J connectivity index is 0.000000244. The first kappa shape index (κ1) is 25.0. The van der Waals surface area contributed by atoms with Gasteiger partial charge in [0, 0.05) is 18.8 Å². The van der Waals surface area contributed by atoms with Gasteiger partial charge in [0.25, 0.3) is 0 Å². The number of hydrogen-bond acceptors (Lipinski definition) is 8. The van der Waals surface area contributed by atoms with E-state index in [0.717, 1.165) is 29.2 Å². The molecule has 0 radical (unpaired) electrons. The zero-order chi connectivity index (χ0) is 23.5. The van der Waals surface area contributed by atoms with Crippen LogP contribution < -0.4 is 19.5 Å². The molecule has 8 nitrogen and oxygen atoms in total. The van der Waals surface area contributed by atoms with Crippen molar-refractivity contribution < 1.29 is 24.1 Å². The molecule has 0 saturated carbocycles. The Kier molecular flexibility index (Phi) is 9.77. The third-order valence-electron chi connectivity index (χ3n) is 4.24. The predicted octanol–water partition coefficient (Wildman–Crippen LogP) is 4.42. The maximum atomic E-state index is 11.1. The van der Waals surface area contributed by atoms with Gasteiger partial charge in [0.1, 0.15) is 22.8 Å². The molecule has 3 aromatic rings. The second-order valence-corrected chi connectivity index (χ2v) is 7.27. The van der Waals surface area contributed by atoms with Crippen LogP contribution in [0.15, 0.2) is 53.8 Å². The van der Waals surface area contributed by atoms with Crippen LogP contribution in [0.3, 0.4) is 0 Å². The van der Waals surface area contributed by atoms with Crippen molar-refractivity contribution in [2.24, 2.45) is 0 Å². The largest absolute Gasteiger partial charge is 0.497 e. The minimum atomic E-state index is -1.11. The number of ether oxygens (including phenoxy) is 3. The molecule has 0 aliphatic heterocycles. The highest BCUT2D eigenvalue weighted by Crippen LogP contribution is 2.27. The zero-order valence-corrected chi connectivity index (χ0v) is 19.5. The molecule has 0 atom stereocenters. The first-order valence-corrected chi connectivity index (χ1v) is 10.9. The number of carboxylic acids is 1. The maximum Gasteiger partial charge on any atom is 0.342 e. The number of carboxylic acid groups (broad SMARTS) is 1. The van der Waals surface area contributed by atoms with E-state index in [4.69, 9.17) is 19.3 Å². The van der Waals surface area contributed by atoms with Gasteiger partial charge >= 0.3 is 5.97 Å². The number of thioether (sulfide) groups is 1. The number of nitrogens with zero attached hydrogens (tertiary/aromatic N) is 2. The number of aromatic carboxylic acids is 1. The number of rotatable bonds is 8. The highest BCUT2D eigenvalue weighted by molar-refractivity contribution is 7.98. The molecule has 32 heavy (non-hydrogen) atoms. The van der Waals surface area contributed by atoms with E-state index in [9.17, 15) is 4.79 Å². The van der Waals surface area contributed by atoms with Gasteiger partial charge in [-0.15, -0.1) is 0 Å². The van der Waals surface area contributed by atoms with E-state index in [1.165, 1.54) is 18.0 Å². The van der Waals surface area contributed by atoms with Crippen molar-refractivity contribution in [3.8, 4) is 23.1 Å². The summed E-state index contributed by atoms with van der Waals surface area (Å²) in [6.45, 7) is 2.69. The smallest absolute Gasteiger partial charge is 0.342 e. The van der Waals surface area contributed by atoms with Gasteiger partial charge < -0.3 is 24.6 Å². The van der Waals surface area contributed by atoms with Gasteiger partial charge in [-0.2, -0.15) is 4.98 Å². The standard InChI is InChI=1S/C13H12N2O3S.C10H15NO2/c1-8-5-3-4-6-10(8)18-11-9(12(16)17)7-14-13(15-11)19-2;1-11-7-8-4-9(12-2)6-10(5-8)13-3/h3-7H,1-2H3,(H,16,17);4-6,11H,7H2,1-3H3. The van der Waals surface area contributed by atoms with Gasteiger partial charge in [0.05, 0.1) is 14.2 Å². The van der Waals surface area contributed by atoms with E-state index in [-0.39, 0.29) is 11.4 Å². The van der Waals surface area contributed by atoms with Gasteiger partial charge in [0.2, 0.25) is 5.88 Å². The molecule has 1 aromatic heterocycles. The van der Waals surface area contributed by atoms with Gasteiger partial charge in [-0.05, 0) is 49.6 Å². The third kappa shape index (κ3) is 7.14. The number of nitrogens with one attached hydrogen (secondary N) is 1. The lowest BCUT2D eigenvalue weighted by Crippen LogP contribution is -2.05. The Hall–Kier alpha value is -3.30. The Morgan fingerprint density at radius 3 is 2.31 bits per heavy atom. The SMILES string of the molecule is CNCc1cc(OC)cc(OC)c1.CSc1ncc(C(=O)O)c(Oc2ccccc2C)n1. The Morgan fingerprint density at radius 2 is 1.78 bits per heavy atom. The van der Waals surface area contributed by atoms with Crippen molar-refractivity contribution in [1.82, 2.24) is 15.3 Å². The molecule has 0 spiro atoms. The van der Waals surface area contributed by atoms with Crippen LogP contribution in [0.1, 0.15) is 21.5 Å². The van der Waals surface area contributed by atoms with E-state index in [2.05, 4.69) is 15.3 Å². The van der Waals surface area contributed by atoms with Crippen LogP contribution in [0.2, 0.25) is 0 Å². The lowest BCUT2D eigenvalue weighted by molar-refractivity contribution is 0.0692. The molecule has 3 rings (SSSR count). The first-order chi connectivity index (χ1) is 15.4. The number of para-hydroxylation sites is 1. The first-order valence-electron chi connectivity index (χ1n) is 9.66. The van der Waals surface area contributed by atoms with Crippen LogP contribution in [0.5, 0.6) is 23.1 Å². The van der Waals surface area contributed by atoms with Crippen molar-refractivity contribution in [2.45, 2.75) is 18.6 Å². The second-order valence-electron chi connectivity index (χ2n) is 6.50. The van der Waals surface area contributed by atoms with E-state index < -0.39 is 5.97 Å². The number of aryl methyl sites for hydroxylation is 1.